The van der Waals surface area contributed by atoms with Gasteiger partial charge in [-0.2, -0.15) is 0 Å². The van der Waals surface area contributed by atoms with E-state index in [4.69, 9.17) is 21.1 Å². The van der Waals surface area contributed by atoms with E-state index in [1.165, 1.54) is 36.4 Å². The lowest BCUT2D eigenvalue weighted by Gasteiger charge is -2.27. The molecule has 3 aromatic rings. The molecule has 6 rings (SSSR count). The van der Waals surface area contributed by atoms with Crippen LogP contribution in [-0.2, 0) is 19.1 Å². The molecule has 2 aliphatic heterocycles. The highest BCUT2D eigenvalue weighted by Gasteiger charge is 2.74. The molecule has 3 aromatic carbocycles. The van der Waals surface area contributed by atoms with E-state index in [1.807, 2.05) is 0 Å². The monoisotopic (exact) mass is 529 g/mol. The number of anilines is 1. The number of halogens is 1. The zero-order valence-corrected chi connectivity index (χ0v) is 20.8. The molecular formula is C29H20ClNO7. The number of imide groups is 1. The first kappa shape index (κ1) is 24.2. The van der Waals surface area contributed by atoms with Crippen LogP contribution in [0.5, 0.6) is 0 Å². The number of carbonyl (C=O) groups is 5. The van der Waals surface area contributed by atoms with Crippen molar-refractivity contribution in [2.24, 2.45) is 11.8 Å². The van der Waals surface area contributed by atoms with Gasteiger partial charge in [-0.15, -0.1) is 0 Å². The Hall–Kier alpha value is -4.14. The Kier molecular flexibility index (Phi) is 5.55. The molecule has 3 atom stereocenters. The lowest BCUT2D eigenvalue weighted by molar-refractivity contribution is -0.127. The standard InChI is InChI=1S/C29H20ClNO7/c1-2-37-28(36)15-10-12-18(13-11-15)31-26(34)21-22(27(31)35)29(38-23(21)16-6-5-7-17(30)14-16)24(32)19-8-3-4-9-20(19)25(29)33/h3-14,21-23H,2H2,1H3/t21-,22-,23-/m1/s1. The summed E-state index contributed by atoms with van der Waals surface area (Å²) < 4.78 is 11.2. The first-order valence-electron chi connectivity index (χ1n) is 12.1. The normalized spacial score (nSPS) is 23.2. The number of Topliss-reactive ketones (excluding diaryl/α,β-unsaturated/α-hetero) is 2. The average Bonchev–Trinajstić information content (AvgIpc) is 3.49. The van der Waals surface area contributed by atoms with Crippen molar-refractivity contribution in [1.29, 1.82) is 0 Å². The topological polar surface area (TPSA) is 107 Å². The van der Waals surface area contributed by atoms with Crippen LogP contribution in [0.1, 0.15) is 49.7 Å². The molecule has 2 saturated heterocycles. The summed E-state index contributed by atoms with van der Waals surface area (Å²) in [6.45, 7) is 1.88. The van der Waals surface area contributed by atoms with Crippen LogP contribution >= 0.6 is 11.6 Å². The smallest absolute Gasteiger partial charge is 0.338 e. The SMILES string of the molecule is CCOC(=O)c1ccc(N2C(=O)[C@H]3[C@@H](c4cccc(Cl)c4)OC4(C(=O)c5ccccc5C4=O)[C@H]3C2=O)cc1. The number of fused-ring (bicyclic) bond motifs is 3. The summed E-state index contributed by atoms with van der Waals surface area (Å²) >= 11 is 6.21. The Morgan fingerprint density at radius 1 is 0.921 bits per heavy atom. The summed E-state index contributed by atoms with van der Waals surface area (Å²) in [7, 11) is 0. The average molecular weight is 530 g/mol. The van der Waals surface area contributed by atoms with Crippen LogP contribution in [0.4, 0.5) is 5.69 Å². The van der Waals surface area contributed by atoms with Gasteiger partial charge in [-0.1, -0.05) is 48.0 Å². The fraction of sp³-hybridized carbons (Fsp3) is 0.207. The van der Waals surface area contributed by atoms with Crippen LogP contribution < -0.4 is 4.90 Å². The molecule has 2 heterocycles. The van der Waals surface area contributed by atoms with Gasteiger partial charge in [-0.05, 0) is 48.9 Å². The molecular weight excluding hydrogens is 510 g/mol. The minimum atomic E-state index is -2.17. The van der Waals surface area contributed by atoms with Gasteiger partial charge in [0.15, 0.2) is 0 Å². The number of carbonyl (C=O) groups excluding carboxylic acids is 5. The van der Waals surface area contributed by atoms with Gasteiger partial charge in [0.2, 0.25) is 29.0 Å². The zero-order chi connectivity index (χ0) is 26.8. The fourth-order valence-electron chi connectivity index (χ4n) is 5.72. The van der Waals surface area contributed by atoms with Gasteiger partial charge in [0.05, 0.1) is 35.8 Å². The van der Waals surface area contributed by atoms with Gasteiger partial charge in [0, 0.05) is 16.1 Å². The Morgan fingerprint density at radius 3 is 2.18 bits per heavy atom. The predicted octanol–water partition coefficient (Wildman–Crippen LogP) is 4.21. The highest BCUT2D eigenvalue weighted by atomic mass is 35.5. The van der Waals surface area contributed by atoms with Gasteiger partial charge in [-0.25, -0.2) is 9.69 Å². The van der Waals surface area contributed by atoms with E-state index in [2.05, 4.69) is 0 Å². The van der Waals surface area contributed by atoms with E-state index in [9.17, 15) is 24.0 Å². The summed E-state index contributed by atoms with van der Waals surface area (Å²) in [6.07, 6.45) is -1.07. The second kappa shape index (κ2) is 8.72. The molecule has 190 valence electrons. The van der Waals surface area contributed by atoms with E-state index >= 15 is 0 Å². The molecule has 3 aliphatic rings. The zero-order valence-electron chi connectivity index (χ0n) is 20.1. The van der Waals surface area contributed by atoms with Crippen LogP contribution in [0.15, 0.2) is 72.8 Å². The molecule has 0 N–H and O–H groups in total. The number of nitrogens with zero attached hydrogens (tertiary/aromatic N) is 1. The van der Waals surface area contributed by atoms with Crippen molar-refractivity contribution in [3.8, 4) is 0 Å². The van der Waals surface area contributed by atoms with E-state index in [0.717, 1.165) is 4.90 Å². The molecule has 0 saturated carbocycles. The Morgan fingerprint density at radius 2 is 1.58 bits per heavy atom. The van der Waals surface area contributed by atoms with Gasteiger partial charge >= 0.3 is 5.97 Å². The summed E-state index contributed by atoms with van der Waals surface area (Å²) in [4.78, 5) is 68.5. The Balaban J connectivity index is 1.47. The van der Waals surface area contributed by atoms with E-state index < -0.39 is 52.9 Å². The Bertz CT molecular complexity index is 1510. The highest BCUT2D eigenvalue weighted by molar-refractivity contribution is 6.37. The number of rotatable bonds is 4. The molecule has 8 nitrogen and oxygen atoms in total. The summed E-state index contributed by atoms with van der Waals surface area (Å²) in [5.41, 5.74) is -0.934. The van der Waals surface area contributed by atoms with Crippen LogP contribution in [0.25, 0.3) is 0 Å². The molecule has 0 bridgehead atoms. The van der Waals surface area contributed by atoms with Crippen molar-refractivity contribution in [2.45, 2.75) is 18.6 Å². The molecule has 1 aliphatic carbocycles. The third-order valence-electron chi connectivity index (χ3n) is 7.33. The molecule has 0 aromatic heterocycles. The van der Waals surface area contributed by atoms with E-state index in [1.54, 1.807) is 43.3 Å². The number of esters is 1. The third-order valence-corrected chi connectivity index (χ3v) is 7.57. The number of ketones is 2. The van der Waals surface area contributed by atoms with Crippen molar-refractivity contribution in [3.05, 3.63) is 100 Å². The van der Waals surface area contributed by atoms with Gasteiger partial charge < -0.3 is 9.47 Å². The molecule has 38 heavy (non-hydrogen) atoms. The van der Waals surface area contributed by atoms with Gasteiger partial charge in [0.25, 0.3) is 0 Å². The number of amides is 2. The van der Waals surface area contributed by atoms with E-state index in [0.29, 0.717) is 10.6 Å². The predicted molar refractivity (Wildman–Crippen MR) is 135 cm³/mol. The molecule has 9 heteroatoms. The molecule has 0 radical (unpaired) electrons. The maximum Gasteiger partial charge on any atom is 0.338 e. The molecule has 2 fully saturated rings. The lowest BCUT2D eigenvalue weighted by atomic mass is 9.77. The lowest BCUT2D eigenvalue weighted by Crippen LogP contribution is -2.51. The molecule has 2 amide bonds. The number of hydrogen-bond donors (Lipinski definition) is 0. The largest absolute Gasteiger partial charge is 0.462 e. The van der Waals surface area contributed by atoms with Crippen LogP contribution in [-0.4, -0.2) is 41.6 Å². The second-order valence-electron chi connectivity index (χ2n) is 9.32. The van der Waals surface area contributed by atoms with Gasteiger partial charge in [0.1, 0.15) is 0 Å². The molecule has 1 spiro atoms. The fourth-order valence-corrected chi connectivity index (χ4v) is 5.92. The summed E-state index contributed by atoms with van der Waals surface area (Å²) in [5, 5.41) is 0.374. The van der Waals surface area contributed by atoms with Crippen molar-refractivity contribution >= 4 is 46.6 Å². The van der Waals surface area contributed by atoms with Crippen molar-refractivity contribution in [2.75, 3.05) is 11.5 Å². The second-order valence-corrected chi connectivity index (χ2v) is 9.75. The quantitative estimate of drug-likeness (QED) is 0.283. The maximum absolute atomic E-state index is 14.0. The maximum atomic E-state index is 14.0. The number of benzene rings is 3. The van der Waals surface area contributed by atoms with Crippen molar-refractivity contribution < 1.29 is 33.4 Å². The number of hydrogen-bond acceptors (Lipinski definition) is 7. The highest BCUT2D eigenvalue weighted by Crippen LogP contribution is 2.57. The first-order valence-corrected chi connectivity index (χ1v) is 12.4. The summed E-state index contributed by atoms with van der Waals surface area (Å²) in [6, 6.07) is 18.7. The minimum Gasteiger partial charge on any atom is -0.462 e. The van der Waals surface area contributed by atoms with E-state index in [-0.39, 0.29) is 29.0 Å². The van der Waals surface area contributed by atoms with Gasteiger partial charge in [-0.3, -0.25) is 19.2 Å². The Labute approximate surface area is 222 Å². The van der Waals surface area contributed by atoms with Crippen LogP contribution in [0.3, 0.4) is 0 Å². The van der Waals surface area contributed by atoms with Crippen LogP contribution in [0.2, 0.25) is 5.02 Å². The first-order chi connectivity index (χ1) is 18.3. The van der Waals surface area contributed by atoms with Crippen molar-refractivity contribution in [3.63, 3.8) is 0 Å². The van der Waals surface area contributed by atoms with Crippen molar-refractivity contribution in [1.82, 2.24) is 0 Å². The van der Waals surface area contributed by atoms with Crippen LogP contribution in [0, 0.1) is 11.8 Å². The molecule has 0 unspecified atom stereocenters. The third kappa shape index (κ3) is 3.23. The number of ether oxygens (including phenoxy) is 2. The minimum absolute atomic E-state index is 0.153. The summed E-state index contributed by atoms with van der Waals surface area (Å²) in [5.74, 6) is -5.67.